The van der Waals surface area contributed by atoms with Gasteiger partial charge in [-0.15, -0.1) is 0 Å². The summed E-state index contributed by atoms with van der Waals surface area (Å²) in [5, 5.41) is 1.07. The predicted octanol–water partition coefficient (Wildman–Crippen LogP) is 5.31. The molecule has 0 radical (unpaired) electrons. The fourth-order valence-corrected chi connectivity index (χ4v) is 3.98. The average molecular weight is 412 g/mol. The SMILES string of the molecule is CC(Br)C1(C(C)(C)C)OCC(COc2ccc(Cl)cc2Cl)O1. The van der Waals surface area contributed by atoms with Crippen molar-refractivity contribution >= 4 is 39.1 Å². The fourth-order valence-electron chi connectivity index (χ4n) is 2.59. The van der Waals surface area contributed by atoms with E-state index in [1.165, 1.54) is 0 Å². The molecule has 3 unspecified atom stereocenters. The molecule has 0 N–H and O–H groups in total. The molecule has 124 valence electrons. The number of ether oxygens (including phenoxy) is 3. The van der Waals surface area contributed by atoms with E-state index >= 15 is 0 Å². The van der Waals surface area contributed by atoms with Gasteiger partial charge in [0.2, 0.25) is 0 Å². The van der Waals surface area contributed by atoms with Crippen LogP contribution in [0.15, 0.2) is 18.2 Å². The summed E-state index contributed by atoms with van der Waals surface area (Å²) in [7, 11) is 0. The molecule has 0 bridgehead atoms. The zero-order valence-electron chi connectivity index (χ0n) is 13.2. The Balaban J connectivity index is 2.01. The Bertz CT molecular complexity index is 531. The van der Waals surface area contributed by atoms with Crippen molar-refractivity contribution in [3.63, 3.8) is 0 Å². The second-order valence-electron chi connectivity index (χ2n) is 6.47. The number of rotatable bonds is 4. The zero-order chi connectivity index (χ0) is 16.5. The molecule has 0 aliphatic carbocycles. The monoisotopic (exact) mass is 410 g/mol. The number of hydrogen-bond acceptors (Lipinski definition) is 3. The maximum absolute atomic E-state index is 6.20. The van der Waals surface area contributed by atoms with Crippen LogP contribution < -0.4 is 4.74 Å². The summed E-state index contributed by atoms with van der Waals surface area (Å²) >= 11 is 15.6. The van der Waals surface area contributed by atoms with Crippen LogP contribution in [0, 0.1) is 5.41 Å². The molecule has 1 aliphatic heterocycles. The summed E-state index contributed by atoms with van der Waals surface area (Å²) < 4.78 is 18.0. The molecule has 1 aromatic carbocycles. The zero-order valence-corrected chi connectivity index (χ0v) is 16.3. The first-order valence-corrected chi connectivity index (χ1v) is 8.86. The lowest BCUT2D eigenvalue weighted by Gasteiger charge is -2.42. The molecule has 0 spiro atoms. The summed E-state index contributed by atoms with van der Waals surface area (Å²) in [4.78, 5) is 0.0594. The van der Waals surface area contributed by atoms with Crippen LogP contribution in [0.5, 0.6) is 5.75 Å². The van der Waals surface area contributed by atoms with Crippen LogP contribution in [0.4, 0.5) is 0 Å². The third-order valence-electron chi connectivity index (χ3n) is 3.71. The van der Waals surface area contributed by atoms with Crippen molar-refractivity contribution < 1.29 is 14.2 Å². The minimum Gasteiger partial charge on any atom is -0.489 e. The molecule has 3 atom stereocenters. The van der Waals surface area contributed by atoms with E-state index < -0.39 is 5.79 Å². The molecular weight excluding hydrogens is 391 g/mol. The van der Waals surface area contributed by atoms with Crippen LogP contribution in [-0.4, -0.2) is 29.9 Å². The van der Waals surface area contributed by atoms with E-state index in [9.17, 15) is 0 Å². The third kappa shape index (κ3) is 3.73. The molecule has 3 nitrogen and oxygen atoms in total. The normalized spacial score (nSPS) is 27.0. The maximum Gasteiger partial charge on any atom is 0.186 e. The Hall–Kier alpha value is -0.0000000000000000763. The maximum atomic E-state index is 6.20. The quantitative estimate of drug-likeness (QED) is 0.628. The van der Waals surface area contributed by atoms with Crippen molar-refractivity contribution in [1.82, 2.24) is 0 Å². The fraction of sp³-hybridized carbons (Fsp3) is 0.625. The standard InChI is InChI=1S/C16H21BrCl2O3/c1-10(17)16(15(2,3)4)21-9-12(22-16)8-20-14-6-5-11(18)7-13(14)19/h5-7,10,12H,8-9H2,1-4H3. The van der Waals surface area contributed by atoms with E-state index in [2.05, 4.69) is 36.7 Å². The number of benzene rings is 1. The number of hydrogen-bond donors (Lipinski definition) is 0. The van der Waals surface area contributed by atoms with Crippen LogP contribution in [0.2, 0.25) is 10.0 Å². The second-order valence-corrected chi connectivity index (χ2v) is 8.69. The Labute approximate surface area is 150 Å². The van der Waals surface area contributed by atoms with Crippen LogP contribution in [0.1, 0.15) is 27.7 Å². The van der Waals surface area contributed by atoms with Crippen molar-refractivity contribution in [1.29, 1.82) is 0 Å². The van der Waals surface area contributed by atoms with Gasteiger partial charge < -0.3 is 14.2 Å². The van der Waals surface area contributed by atoms with E-state index in [1.807, 2.05) is 6.92 Å². The number of alkyl halides is 1. The summed E-state index contributed by atoms with van der Waals surface area (Å²) in [6, 6.07) is 5.16. The first-order valence-electron chi connectivity index (χ1n) is 7.19. The summed E-state index contributed by atoms with van der Waals surface area (Å²) in [6.45, 7) is 9.19. The van der Waals surface area contributed by atoms with Crippen LogP contribution in [-0.2, 0) is 9.47 Å². The second kappa shape index (κ2) is 6.86. The van der Waals surface area contributed by atoms with Crippen LogP contribution in [0.25, 0.3) is 0 Å². The van der Waals surface area contributed by atoms with Gasteiger partial charge in [0.1, 0.15) is 18.5 Å². The molecule has 0 aromatic heterocycles. The molecular formula is C16H21BrCl2O3. The Kier molecular flexibility index (Phi) is 5.72. The Morgan fingerprint density at radius 3 is 2.59 bits per heavy atom. The Morgan fingerprint density at radius 2 is 2.09 bits per heavy atom. The summed E-state index contributed by atoms with van der Waals surface area (Å²) in [6.07, 6.45) is -0.147. The molecule has 22 heavy (non-hydrogen) atoms. The van der Waals surface area contributed by atoms with Crippen molar-refractivity contribution in [2.45, 2.75) is 44.4 Å². The van der Waals surface area contributed by atoms with Gasteiger partial charge in [-0.3, -0.25) is 0 Å². The molecule has 1 aliphatic rings. The summed E-state index contributed by atoms with van der Waals surface area (Å²) in [5.41, 5.74) is -0.164. The van der Waals surface area contributed by atoms with E-state index in [-0.39, 0.29) is 16.3 Å². The largest absolute Gasteiger partial charge is 0.489 e. The first-order chi connectivity index (χ1) is 10.2. The molecule has 6 heteroatoms. The van der Waals surface area contributed by atoms with E-state index in [0.29, 0.717) is 29.0 Å². The van der Waals surface area contributed by atoms with Gasteiger partial charge in [-0.1, -0.05) is 59.9 Å². The molecule has 1 heterocycles. The highest BCUT2D eigenvalue weighted by molar-refractivity contribution is 9.09. The lowest BCUT2D eigenvalue weighted by atomic mass is 9.83. The highest BCUT2D eigenvalue weighted by Gasteiger charge is 2.53. The minimum atomic E-state index is -0.676. The van der Waals surface area contributed by atoms with Gasteiger partial charge in [0, 0.05) is 10.4 Å². The van der Waals surface area contributed by atoms with E-state index in [4.69, 9.17) is 37.4 Å². The van der Waals surface area contributed by atoms with Crippen molar-refractivity contribution in [2.24, 2.45) is 5.41 Å². The lowest BCUT2D eigenvalue weighted by Crippen LogP contribution is -2.50. The molecule has 2 rings (SSSR count). The van der Waals surface area contributed by atoms with Gasteiger partial charge in [-0.25, -0.2) is 0 Å². The van der Waals surface area contributed by atoms with Gasteiger partial charge in [0.05, 0.1) is 16.5 Å². The molecule has 0 saturated carbocycles. The van der Waals surface area contributed by atoms with E-state index in [1.54, 1.807) is 18.2 Å². The van der Waals surface area contributed by atoms with Gasteiger partial charge in [0.25, 0.3) is 0 Å². The average Bonchev–Trinajstić information content (AvgIpc) is 2.83. The first kappa shape index (κ1) is 18.3. The van der Waals surface area contributed by atoms with Crippen molar-refractivity contribution in [2.75, 3.05) is 13.2 Å². The van der Waals surface area contributed by atoms with Gasteiger partial charge in [-0.05, 0) is 25.1 Å². The third-order valence-corrected chi connectivity index (χ3v) is 4.85. The molecule has 1 saturated heterocycles. The smallest absolute Gasteiger partial charge is 0.186 e. The molecule has 1 aromatic rings. The number of halogens is 3. The van der Waals surface area contributed by atoms with E-state index in [0.717, 1.165) is 0 Å². The van der Waals surface area contributed by atoms with Gasteiger partial charge >= 0.3 is 0 Å². The van der Waals surface area contributed by atoms with Crippen LogP contribution in [0.3, 0.4) is 0 Å². The van der Waals surface area contributed by atoms with Crippen molar-refractivity contribution in [3.05, 3.63) is 28.2 Å². The lowest BCUT2D eigenvalue weighted by molar-refractivity contribution is -0.228. The molecule has 1 fully saturated rings. The highest BCUT2D eigenvalue weighted by atomic mass is 79.9. The van der Waals surface area contributed by atoms with Crippen molar-refractivity contribution in [3.8, 4) is 5.75 Å². The van der Waals surface area contributed by atoms with Crippen LogP contribution >= 0.6 is 39.1 Å². The molecule has 0 amide bonds. The predicted molar refractivity (Wildman–Crippen MR) is 93.4 cm³/mol. The Morgan fingerprint density at radius 1 is 1.41 bits per heavy atom. The summed E-state index contributed by atoms with van der Waals surface area (Å²) in [5.74, 6) is -0.0834. The van der Waals surface area contributed by atoms with Gasteiger partial charge in [0.15, 0.2) is 5.79 Å². The minimum absolute atomic E-state index is 0.0594. The highest BCUT2D eigenvalue weighted by Crippen LogP contribution is 2.45. The van der Waals surface area contributed by atoms with Gasteiger partial charge in [-0.2, -0.15) is 0 Å². The topological polar surface area (TPSA) is 27.7 Å².